The van der Waals surface area contributed by atoms with Crippen molar-refractivity contribution in [3.05, 3.63) is 28.2 Å². The Balaban J connectivity index is 0.00000264. The Bertz CT molecular complexity index is 676. The van der Waals surface area contributed by atoms with E-state index in [2.05, 4.69) is 20.7 Å². The van der Waals surface area contributed by atoms with Crippen molar-refractivity contribution in [3.8, 4) is 0 Å². The number of sulfonamides is 1. The molecular formula is C14H21BrClN3O3S. The maximum Gasteiger partial charge on any atom is 0.248 e. The number of nitrogens with one attached hydrogen (secondary N) is 1. The molecule has 23 heavy (non-hydrogen) atoms. The molecule has 130 valence electrons. The van der Waals surface area contributed by atoms with Crippen molar-refractivity contribution in [2.24, 2.45) is 11.5 Å². The van der Waals surface area contributed by atoms with Crippen molar-refractivity contribution in [2.45, 2.75) is 42.5 Å². The van der Waals surface area contributed by atoms with E-state index in [-0.39, 0.29) is 29.4 Å². The standard InChI is InChI=1S/C14H20BrN3O3S.ClH/c15-11-6-10(13(16)19)7-12(8-11)22(20,21)18-9-14(17)4-2-1-3-5-14;/h6-8,18H,1-5,9,17H2,(H2,16,19);1H. The van der Waals surface area contributed by atoms with Crippen LogP contribution in [-0.2, 0) is 10.0 Å². The van der Waals surface area contributed by atoms with Gasteiger partial charge in [0.25, 0.3) is 0 Å². The number of halogens is 2. The summed E-state index contributed by atoms with van der Waals surface area (Å²) in [5.74, 6) is -0.680. The van der Waals surface area contributed by atoms with Crippen LogP contribution < -0.4 is 16.2 Å². The minimum atomic E-state index is -3.74. The lowest BCUT2D eigenvalue weighted by atomic mass is 9.83. The average molecular weight is 427 g/mol. The second kappa shape index (κ2) is 7.94. The fourth-order valence-corrected chi connectivity index (χ4v) is 4.47. The lowest BCUT2D eigenvalue weighted by Crippen LogP contribution is -2.51. The van der Waals surface area contributed by atoms with Crippen LogP contribution in [0.1, 0.15) is 42.5 Å². The molecule has 0 atom stereocenters. The van der Waals surface area contributed by atoms with Gasteiger partial charge in [-0.3, -0.25) is 4.79 Å². The molecular weight excluding hydrogens is 406 g/mol. The zero-order chi connectivity index (χ0) is 16.4. The Hall–Kier alpha value is -0.670. The number of carbonyl (C=O) groups excluding carboxylic acids is 1. The first-order valence-electron chi connectivity index (χ1n) is 7.11. The molecule has 1 aromatic rings. The van der Waals surface area contributed by atoms with Gasteiger partial charge in [-0.2, -0.15) is 0 Å². The zero-order valence-electron chi connectivity index (χ0n) is 12.5. The SMILES string of the molecule is Cl.NC(=O)c1cc(Br)cc(S(=O)(=O)NCC2(N)CCCCC2)c1. The van der Waals surface area contributed by atoms with E-state index in [9.17, 15) is 13.2 Å². The number of amides is 1. The van der Waals surface area contributed by atoms with E-state index < -0.39 is 21.5 Å². The van der Waals surface area contributed by atoms with Crippen molar-refractivity contribution >= 4 is 44.3 Å². The van der Waals surface area contributed by atoms with Crippen molar-refractivity contribution in [2.75, 3.05) is 6.54 Å². The lowest BCUT2D eigenvalue weighted by molar-refractivity contribution is 0.1000. The molecule has 5 N–H and O–H groups in total. The fraction of sp³-hybridized carbons (Fsp3) is 0.500. The maximum atomic E-state index is 12.4. The van der Waals surface area contributed by atoms with E-state index in [0.29, 0.717) is 4.47 Å². The summed E-state index contributed by atoms with van der Waals surface area (Å²) < 4.78 is 27.8. The Morgan fingerprint density at radius 2 is 1.83 bits per heavy atom. The van der Waals surface area contributed by atoms with Crippen LogP contribution in [0.25, 0.3) is 0 Å². The van der Waals surface area contributed by atoms with E-state index in [4.69, 9.17) is 11.5 Å². The van der Waals surface area contributed by atoms with Gasteiger partial charge in [0.05, 0.1) is 4.90 Å². The van der Waals surface area contributed by atoms with Crippen molar-refractivity contribution < 1.29 is 13.2 Å². The number of primary amides is 1. The van der Waals surface area contributed by atoms with Crippen LogP contribution in [0.2, 0.25) is 0 Å². The number of rotatable bonds is 5. The molecule has 0 radical (unpaired) electrons. The molecule has 2 rings (SSSR count). The molecule has 6 nitrogen and oxygen atoms in total. The van der Waals surface area contributed by atoms with Gasteiger partial charge in [0.15, 0.2) is 0 Å². The predicted molar refractivity (Wildman–Crippen MR) is 95.1 cm³/mol. The monoisotopic (exact) mass is 425 g/mol. The summed E-state index contributed by atoms with van der Waals surface area (Å²) in [6.07, 6.45) is 4.78. The van der Waals surface area contributed by atoms with Crippen LogP contribution in [0, 0.1) is 0 Å². The number of hydrogen-bond acceptors (Lipinski definition) is 4. The van der Waals surface area contributed by atoms with E-state index >= 15 is 0 Å². The van der Waals surface area contributed by atoms with Gasteiger partial charge in [-0.15, -0.1) is 12.4 Å². The van der Waals surface area contributed by atoms with Gasteiger partial charge in [-0.05, 0) is 31.0 Å². The second-order valence-electron chi connectivity index (χ2n) is 5.79. The maximum absolute atomic E-state index is 12.4. The van der Waals surface area contributed by atoms with Gasteiger partial charge in [0, 0.05) is 22.1 Å². The third-order valence-electron chi connectivity index (χ3n) is 3.93. The molecule has 0 heterocycles. The van der Waals surface area contributed by atoms with Gasteiger partial charge in [0.1, 0.15) is 0 Å². The predicted octanol–water partition coefficient (Wildman–Crippen LogP) is 1.91. The Labute approximate surface area is 151 Å². The van der Waals surface area contributed by atoms with Crippen molar-refractivity contribution in [1.29, 1.82) is 0 Å². The summed E-state index contributed by atoms with van der Waals surface area (Å²) in [6.45, 7) is 0.188. The summed E-state index contributed by atoms with van der Waals surface area (Å²) in [7, 11) is -3.74. The third-order valence-corrected chi connectivity index (χ3v) is 5.77. The summed E-state index contributed by atoms with van der Waals surface area (Å²) in [4.78, 5) is 11.3. The van der Waals surface area contributed by atoms with Crippen LogP contribution in [0.4, 0.5) is 0 Å². The van der Waals surface area contributed by atoms with Crippen LogP contribution in [-0.4, -0.2) is 26.4 Å². The first-order valence-corrected chi connectivity index (χ1v) is 9.38. The smallest absolute Gasteiger partial charge is 0.248 e. The lowest BCUT2D eigenvalue weighted by Gasteiger charge is -2.33. The second-order valence-corrected chi connectivity index (χ2v) is 8.47. The van der Waals surface area contributed by atoms with E-state index in [1.54, 1.807) is 0 Å². The molecule has 1 amide bonds. The van der Waals surface area contributed by atoms with E-state index in [1.165, 1.54) is 18.2 Å². The normalized spacial score (nSPS) is 17.3. The summed E-state index contributed by atoms with van der Waals surface area (Å²) in [5, 5.41) is 0. The Morgan fingerprint density at radius 1 is 1.22 bits per heavy atom. The molecule has 0 aromatic heterocycles. The highest BCUT2D eigenvalue weighted by Gasteiger charge is 2.29. The highest BCUT2D eigenvalue weighted by molar-refractivity contribution is 9.10. The largest absolute Gasteiger partial charge is 0.366 e. The summed E-state index contributed by atoms with van der Waals surface area (Å²) in [6, 6.07) is 4.17. The average Bonchev–Trinajstić information content (AvgIpc) is 2.45. The number of nitrogens with two attached hydrogens (primary N) is 2. The van der Waals surface area contributed by atoms with Gasteiger partial charge in [-0.25, -0.2) is 13.1 Å². The van der Waals surface area contributed by atoms with Crippen molar-refractivity contribution in [1.82, 2.24) is 4.72 Å². The highest BCUT2D eigenvalue weighted by atomic mass is 79.9. The van der Waals surface area contributed by atoms with Gasteiger partial charge < -0.3 is 11.5 Å². The molecule has 0 bridgehead atoms. The minimum absolute atomic E-state index is 0. The first kappa shape index (κ1) is 20.4. The topological polar surface area (TPSA) is 115 Å². The molecule has 1 aromatic carbocycles. The van der Waals surface area contributed by atoms with Crippen LogP contribution in [0.15, 0.2) is 27.6 Å². The quantitative estimate of drug-likeness (QED) is 0.667. The highest BCUT2D eigenvalue weighted by Crippen LogP contribution is 2.26. The van der Waals surface area contributed by atoms with Crippen LogP contribution >= 0.6 is 28.3 Å². The van der Waals surface area contributed by atoms with Gasteiger partial charge >= 0.3 is 0 Å². The van der Waals surface area contributed by atoms with Crippen molar-refractivity contribution in [3.63, 3.8) is 0 Å². The number of hydrogen-bond donors (Lipinski definition) is 3. The molecule has 0 unspecified atom stereocenters. The molecule has 9 heteroatoms. The molecule has 0 saturated heterocycles. The zero-order valence-corrected chi connectivity index (χ0v) is 15.8. The Morgan fingerprint density at radius 3 is 2.39 bits per heavy atom. The van der Waals surface area contributed by atoms with Crippen LogP contribution in [0.3, 0.4) is 0 Å². The molecule has 1 fully saturated rings. The number of benzene rings is 1. The van der Waals surface area contributed by atoms with E-state index in [1.807, 2.05) is 0 Å². The fourth-order valence-electron chi connectivity index (χ4n) is 2.61. The van der Waals surface area contributed by atoms with Crippen LogP contribution in [0.5, 0.6) is 0 Å². The first-order chi connectivity index (χ1) is 10.2. The molecule has 1 saturated carbocycles. The molecule has 1 aliphatic carbocycles. The van der Waals surface area contributed by atoms with E-state index in [0.717, 1.165) is 32.1 Å². The summed E-state index contributed by atoms with van der Waals surface area (Å²) in [5.41, 5.74) is 11.1. The molecule has 0 spiro atoms. The summed E-state index contributed by atoms with van der Waals surface area (Å²) >= 11 is 3.19. The third kappa shape index (κ3) is 5.42. The Kier molecular flexibility index (Phi) is 7.03. The molecule has 0 aliphatic heterocycles. The minimum Gasteiger partial charge on any atom is -0.366 e. The molecule has 1 aliphatic rings. The number of carbonyl (C=O) groups is 1. The van der Waals surface area contributed by atoms with Gasteiger partial charge in [0.2, 0.25) is 15.9 Å². The van der Waals surface area contributed by atoms with Gasteiger partial charge in [-0.1, -0.05) is 35.2 Å².